The van der Waals surface area contributed by atoms with Gasteiger partial charge in [-0.25, -0.2) is 0 Å². The molecule has 17 heavy (non-hydrogen) atoms. The number of carbonyl (C=O) groups is 2. The molecule has 0 radical (unpaired) electrons. The smallest absolute Gasteiger partial charge is 0.322 e. The zero-order chi connectivity index (χ0) is 13.3. The van der Waals surface area contributed by atoms with Crippen LogP contribution < -0.4 is 16.4 Å². The third kappa shape index (κ3) is 6.23. The second kappa shape index (κ2) is 8.95. The molecule has 0 spiro atoms. The van der Waals surface area contributed by atoms with E-state index in [9.17, 15) is 9.59 Å². The lowest BCUT2D eigenvalue weighted by atomic mass is 10.1. The van der Waals surface area contributed by atoms with Gasteiger partial charge in [-0.15, -0.1) is 0 Å². The Morgan fingerprint density at radius 2 is 1.88 bits per heavy atom. The fraction of sp³-hybridized carbons (Fsp3) is 0.818. The maximum Gasteiger partial charge on any atom is 0.322 e. The monoisotopic (exact) mass is 245 g/mol. The van der Waals surface area contributed by atoms with Gasteiger partial charge in [0.2, 0.25) is 5.91 Å². The quantitative estimate of drug-likeness (QED) is 0.471. The summed E-state index contributed by atoms with van der Waals surface area (Å²) in [4.78, 5) is 22.4. The maximum atomic E-state index is 11.4. The van der Waals surface area contributed by atoms with Gasteiger partial charge in [-0.05, 0) is 32.9 Å². The second-order valence-corrected chi connectivity index (χ2v) is 3.81. The minimum atomic E-state index is -0.370. The maximum absolute atomic E-state index is 11.4. The molecule has 1 amide bonds. The largest absolute Gasteiger partial charge is 0.468 e. The van der Waals surface area contributed by atoms with Crippen molar-refractivity contribution in [2.45, 2.75) is 38.3 Å². The number of carbonyl (C=O) groups excluding carboxylic acids is 2. The van der Waals surface area contributed by atoms with E-state index in [1.54, 1.807) is 7.05 Å². The molecule has 0 saturated carbocycles. The lowest BCUT2D eigenvalue weighted by molar-refractivity contribution is -0.143. The number of rotatable bonds is 9. The molecule has 0 rings (SSSR count). The Morgan fingerprint density at radius 3 is 2.29 bits per heavy atom. The van der Waals surface area contributed by atoms with Crippen LogP contribution in [0, 0.1) is 0 Å². The molecule has 0 aliphatic rings. The van der Waals surface area contributed by atoms with Crippen LogP contribution in [0.4, 0.5) is 0 Å². The summed E-state index contributed by atoms with van der Waals surface area (Å²) in [5, 5.41) is 5.88. The van der Waals surface area contributed by atoms with Crippen molar-refractivity contribution in [3.63, 3.8) is 0 Å². The van der Waals surface area contributed by atoms with Gasteiger partial charge in [0, 0.05) is 0 Å². The van der Waals surface area contributed by atoms with E-state index < -0.39 is 0 Å². The Morgan fingerprint density at radius 1 is 1.29 bits per heavy atom. The number of nitrogens with two attached hydrogens (primary N) is 1. The minimum absolute atomic E-state index is 0.271. The molecule has 2 unspecified atom stereocenters. The van der Waals surface area contributed by atoms with Gasteiger partial charge < -0.3 is 21.1 Å². The first-order chi connectivity index (χ1) is 8.06. The molecule has 0 aliphatic carbocycles. The van der Waals surface area contributed by atoms with E-state index in [0.717, 1.165) is 6.42 Å². The summed E-state index contributed by atoms with van der Waals surface area (Å²) < 4.78 is 4.69. The molecular weight excluding hydrogens is 222 g/mol. The molecule has 0 aliphatic heterocycles. The van der Waals surface area contributed by atoms with Gasteiger partial charge in [-0.1, -0.05) is 6.92 Å². The van der Waals surface area contributed by atoms with Crippen LogP contribution >= 0.6 is 0 Å². The third-order valence-corrected chi connectivity index (χ3v) is 2.61. The van der Waals surface area contributed by atoms with Crippen LogP contribution in [0.1, 0.15) is 26.2 Å². The molecule has 0 aromatic heterocycles. The highest BCUT2D eigenvalue weighted by Crippen LogP contribution is 2.05. The highest BCUT2D eigenvalue weighted by molar-refractivity contribution is 5.79. The molecule has 100 valence electrons. The minimum Gasteiger partial charge on any atom is -0.468 e. The standard InChI is InChI=1S/C11H23N3O3/c1-4-14-9(11(16)17-3)7-5-6-8(13-2)10(12)15/h8-9,13-14H,4-7H2,1-3H3,(H2,12,15). The van der Waals surface area contributed by atoms with Crippen molar-refractivity contribution in [3.05, 3.63) is 0 Å². The van der Waals surface area contributed by atoms with Crippen LogP contribution in [-0.2, 0) is 14.3 Å². The Bertz CT molecular complexity index is 246. The number of methoxy groups -OCH3 is 1. The zero-order valence-electron chi connectivity index (χ0n) is 10.8. The van der Waals surface area contributed by atoms with Crippen LogP contribution in [0.5, 0.6) is 0 Å². The van der Waals surface area contributed by atoms with Crippen molar-refractivity contribution in [1.29, 1.82) is 0 Å². The normalized spacial score (nSPS) is 14.1. The van der Waals surface area contributed by atoms with Crippen LogP contribution in [0.3, 0.4) is 0 Å². The fourth-order valence-corrected chi connectivity index (χ4v) is 1.65. The third-order valence-electron chi connectivity index (χ3n) is 2.61. The number of hydrogen-bond donors (Lipinski definition) is 3. The Kier molecular flexibility index (Phi) is 8.35. The van der Waals surface area contributed by atoms with Crippen molar-refractivity contribution in [1.82, 2.24) is 10.6 Å². The molecule has 4 N–H and O–H groups in total. The lowest BCUT2D eigenvalue weighted by Crippen LogP contribution is -2.40. The van der Waals surface area contributed by atoms with Crippen LogP contribution in [0.25, 0.3) is 0 Å². The number of amides is 1. The Hall–Kier alpha value is -1.14. The van der Waals surface area contributed by atoms with Gasteiger partial charge in [0.15, 0.2) is 0 Å². The summed E-state index contributed by atoms with van der Waals surface area (Å²) in [6.07, 6.45) is 1.97. The summed E-state index contributed by atoms with van der Waals surface area (Å²) in [5.74, 6) is -0.641. The van der Waals surface area contributed by atoms with E-state index in [4.69, 9.17) is 5.73 Å². The first-order valence-corrected chi connectivity index (χ1v) is 5.84. The molecule has 6 nitrogen and oxygen atoms in total. The van der Waals surface area contributed by atoms with Gasteiger partial charge in [0.1, 0.15) is 6.04 Å². The Balaban J connectivity index is 4.04. The van der Waals surface area contributed by atoms with Gasteiger partial charge in [0.25, 0.3) is 0 Å². The fourth-order valence-electron chi connectivity index (χ4n) is 1.65. The van der Waals surface area contributed by atoms with Crippen molar-refractivity contribution in [3.8, 4) is 0 Å². The molecule has 0 saturated heterocycles. The highest BCUT2D eigenvalue weighted by Gasteiger charge is 2.19. The Labute approximate surface area is 102 Å². The molecule has 0 fully saturated rings. The number of primary amides is 1. The molecular formula is C11H23N3O3. The van der Waals surface area contributed by atoms with E-state index in [1.165, 1.54) is 7.11 Å². The average Bonchev–Trinajstić information content (AvgIpc) is 2.31. The summed E-state index contributed by atoms with van der Waals surface area (Å²) >= 11 is 0. The highest BCUT2D eigenvalue weighted by atomic mass is 16.5. The second-order valence-electron chi connectivity index (χ2n) is 3.81. The lowest BCUT2D eigenvalue weighted by Gasteiger charge is -2.17. The molecule has 0 heterocycles. The van der Waals surface area contributed by atoms with E-state index in [2.05, 4.69) is 15.4 Å². The summed E-state index contributed by atoms with van der Waals surface area (Å²) in [5.41, 5.74) is 5.20. The van der Waals surface area contributed by atoms with Crippen molar-refractivity contribution >= 4 is 11.9 Å². The van der Waals surface area contributed by atoms with Crippen LogP contribution in [-0.4, -0.2) is 44.7 Å². The number of hydrogen-bond acceptors (Lipinski definition) is 5. The first-order valence-electron chi connectivity index (χ1n) is 5.84. The predicted molar refractivity (Wildman–Crippen MR) is 65.4 cm³/mol. The van der Waals surface area contributed by atoms with Crippen molar-refractivity contribution in [2.75, 3.05) is 20.7 Å². The van der Waals surface area contributed by atoms with E-state index in [0.29, 0.717) is 19.4 Å². The number of nitrogens with one attached hydrogen (secondary N) is 2. The zero-order valence-corrected chi connectivity index (χ0v) is 10.8. The van der Waals surface area contributed by atoms with E-state index >= 15 is 0 Å². The number of esters is 1. The first kappa shape index (κ1) is 15.9. The van der Waals surface area contributed by atoms with Crippen LogP contribution in [0.2, 0.25) is 0 Å². The van der Waals surface area contributed by atoms with E-state index in [1.807, 2.05) is 6.92 Å². The SMILES string of the molecule is CCNC(CCCC(NC)C(N)=O)C(=O)OC. The van der Waals surface area contributed by atoms with Gasteiger partial charge in [0.05, 0.1) is 13.2 Å². The van der Waals surface area contributed by atoms with Crippen molar-refractivity contribution < 1.29 is 14.3 Å². The molecule has 0 aromatic carbocycles. The topological polar surface area (TPSA) is 93.5 Å². The van der Waals surface area contributed by atoms with E-state index in [-0.39, 0.29) is 24.0 Å². The molecule has 2 atom stereocenters. The van der Waals surface area contributed by atoms with Gasteiger partial charge in [-0.2, -0.15) is 0 Å². The molecule has 0 aromatic rings. The summed E-state index contributed by atoms with van der Waals surface area (Å²) in [6.45, 7) is 2.63. The average molecular weight is 245 g/mol. The van der Waals surface area contributed by atoms with Crippen molar-refractivity contribution in [2.24, 2.45) is 5.73 Å². The van der Waals surface area contributed by atoms with Gasteiger partial charge >= 0.3 is 5.97 Å². The summed E-state index contributed by atoms with van der Waals surface area (Å²) in [7, 11) is 3.06. The van der Waals surface area contributed by atoms with Gasteiger partial charge in [-0.3, -0.25) is 9.59 Å². The number of likely N-dealkylation sites (N-methyl/N-ethyl adjacent to an activating group) is 2. The molecule has 6 heteroatoms. The van der Waals surface area contributed by atoms with Crippen LogP contribution in [0.15, 0.2) is 0 Å². The molecule has 0 bridgehead atoms. The summed E-state index contributed by atoms with van der Waals surface area (Å²) in [6, 6.07) is -0.648. The predicted octanol–water partition coefficient (Wildman–Crippen LogP) is -0.619. The number of ether oxygens (including phenoxy) is 1.